The highest BCUT2D eigenvalue weighted by molar-refractivity contribution is 5.49. The van der Waals surface area contributed by atoms with Crippen LogP contribution < -0.4 is 5.32 Å². The molecule has 1 aromatic rings. The Labute approximate surface area is 110 Å². The van der Waals surface area contributed by atoms with Crippen molar-refractivity contribution in [3.05, 3.63) is 29.8 Å². The first-order valence-electron chi connectivity index (χ1n) is 6.32. The van der Waals surface area contributed by atoms with Crippen LogP contribution in [0.25, 0.3) is 0 Å². The van der Waals surface area contributed by atoms with Crippen LogP contribution in [-0.2, 0) is 0 Å². The van der Waals surface area contributed by atoms with Crippen molar-refractivity contribution in [1.29, 1.82) is 5.26 Å². The van der Waals surface area contributed by atoms with Gasteiger partial charge >= 0.3 is 6.18 Å². The van der Waals surface area contributed by atoms with Crippen molar-refractivity contribution in [2.24, 2.45) is 5.92 Å². The highest BCUT2D eigenvalue weighted by Gasteiger charge is 2.42. The quantitative estimate of drug-likeness (QED) is 0.876. The van der Waals surface area contributed by atoms with Crippen LogP contribution in [0.1, 0.15) is 31.2 Å². The molecule has 2 atom stereocenters. The number of nitrogens with one attached hydrogen (secondary N) is 1. The van der Waals surface area contributed by atoms with Crippen LogP contribution in [0.5, 0.6) is 0 Å². The Bertz CT molecular complexity index is 476. The fourth-order valence-corrected chi connectivity index (χ4v) is 2.53. The molecule has 0 bridgehead atoms. The van der Waals surface area contributed by atoms with E-state index in [1.54, 1.807) is 24.3 Å². The van der Waals surface area contributed by atoms with Crippen molar-refractivity contribution in [2.45, 2.75) is 37.9 Å². The van der Waals surface area contributed by atoms with Gasteiger partial charge in [-0.2, -0.15) is 18.4 Å². The average molecular weight is 268 g/mol. The summed E-state index contributed by atoms with van der Waals surface area (Å²) < 4.78 is 38.1. The van der Waals surface area contributed by atoms with E-state index < -0.39 is 12.1 Å². The molecule has 102 valence electrons. The Morgan fingerprint density at radius 2 is 2.05 bits per heavy atom. The molecule has 0 heterocycles. The molecule has 0 radical (unpaired) electrons. The molecule has 1 aliphatic carbocycles. The molecule has 1 N–H and O–H groups in total. The molecule has 2 rings (SSSR count). The molecule has 0 aromatic heterocycles. The van der Waals surface area contributed by atoms with Gasteiger partial charge < -0.3 is 5.32 Å². The lowest BCUT2D eigenvalue weighted by Gasteiger charge is -2.31. The number of rotatable bonds is 2. The average Bonchev–Trinajstić information content (AvgIpc) is 2.38. The largest absolute Gasteiger partial charge is 0.391 e. The lowest BCUT2D eigenvalue weighted by atomic mass is 9.85. The summed E-state index contributed by atoms with van der Waals surface area (Å²) in [6, 6.07) is 8.68. The molecular formula is C14H15F3N2. The zero-order chi connectivity index (χ0) is 13.9. The molecule has 1 aliphatic rings. The Morgan fingerprint density at radius 3 is 2.74 bits per heavy atom. The first-order chi connectivity index (χ1) is 8.99. The minimum Gasteiger partial charge on any atom is -0.382 e. The Morgan fingerprint density at radius 1 is 1.26 bits per heavy atom. The maximum absolute atomic E-state index is 12.7. The molecule has 2 nitrogen and oxygen atoms in total. The van der Waals surface area contributed by atoms with E-state index in [9.17, 15) is 13.2 Å². The lowest BCUT2D eigenvalue weighted by molar-refractivity contribution is -0.182. The molecular weight excluding hydrogens is 253 g/mol. The zero-order valence-corrected chi connectivity index (χ0v) is 10.4. The molecule has 19 heavy (non-hydrogen) atoms. The van der Waals surface area contributed by atoms with E-state index in [1.807, 2.05) is 6.07 Å². The minimum absolute atomic E-state index is 0.111. The second-order valence-electron chi connectivity index (χ2n) is 4.94. The number of anilines is 1. The fraction of sp³-hybridized carbons (Fsp3) is 0.500. The van der Waals surface area contributed by atoms with Crippen molar-refractivity contribution < 1.29 is 13.2 Å². The van der Waals surface area contributed by atoms with Crippen molar-refractivity contribution in [1.82, 2.24) is 0 Å². The fourth-order valence-electron chi connectivity index (χ4n) is 2.53. The second-order valence-corrected chi connectivity index (χ2v) is 4.94. The van der Waals surface area contributed by atoms with Gasteiger partial charge in [0.25, 0.3) is 0 Å². The highest BCUT2D eigenvalue weighted by Crippen LogP contribution is 2.38. The molecule has 1 fully saturated rings. The Kier molecular flexibility index (Phi) is 3.98. The van der Waals surface area contributed by atoms with E-state index in [4.69, 9.17) is 5.26 Å². The predicted molar refractivity (Wildman–Crippen MR) is 66.6 cm³/mol. The van der Waals surface area contributed by atoms with Gasteiger partial charge in [0.1, 0.15) is 0 Å². The third kappa shape index (κ3) is 3.63. The normalized spacial score (nSPS) is 23.7. The Hall–Kier alpha value is -1.70. The van der Waals surface area contributed by atoms with Crippen LogP contribution >= 0.6 is 0 Å². The van der Waals surface area contributed by atoms with Gasteiger partial charge in [0, 0.05) is 11.7 Å². The number of hydrogen-bond donors (Lipinski definition) is 1. The van der Waals surface area contributed by atoms with Crippen LogP contribution in [0.2, 0.25) is 0 Å². The summed E-state index contributed by atoms with van der Waals surface area (Å²) in [5.41, 5.74) is 1.22. The number of nitrogens with zero attached hydrogens (tertiary/aromatic N) is 1. The lowest BCUT2D eigenvalue weighted by Crippen LogP contribution is -2.34. The number of hydrogen-bond acceptors (Lipinski definition) is 2. The van der Waals surface area contributed by atoms with Gasteiger partial charge in [-0.1, -0.05) is 12.5 Å². The molecule has 0 aliphatic heterocycles. The van der Waals surface area contributed by atoms with Gasteiger partial charge in [0.15, 0.2) is 0 Å². The Balaban J connectivity index is 2.01. The number of alkyl halides is 3. The van der Waals surface area contributed by atoms with Crippen LogP contribution in [0.3, 0.4) is 0 Å². The van der Waals surface area contributed by atoms with Crippen molar-refractivity contribution in [3.8, 4) is 6.07 Å². The summed E-state index contributed by atoms with van der Waals surface area (Å²) in [6.07, 6.45) is -2.45. The molecule has 1 saturated carbocycles. The van der Waals surface area contributed by atoms with Crippen molar-refractivity contribution >= 4 is 5.69 Å². The van der Waals surface area contributed by atoms with E-state index in [-0.39, 0.29) is 18.9 Å². The number of benzene rings is 1. The molecule has 0 saturated heterocycles. The van der Waals surface area contributed by atoms with E-state index >= 15 is 0 Å². The summed E-state index contributed by atoms with van der Waals surface area (Å²) >= 11 is 0. The maximum Gasteiger partial charge on any atom is 0.391 e. The number of halogens is 3. The smallest absolute Gasteiger partial charge is 0.382 e. The summed E-state index contributed by atoms with van der Waals surface area (Å²) in [5.74, 6) is -1.21. The minimum atomic E-state index is -4.10. The molecule has 0 amide bonds. The van der Waals surface area contributed by atoms with Crippen LogP contribution in [0.15, 0.2) is 24.3 Å². The standard InChI is InChI=1S/C14H15F3N2/c15-14(16,17)11-4-2-6-13(8-11)19-12-5-1-3-10(7-12)9-18/h1,3,5,7,11,13,19H,2,4,6,8H2. The van der Waals surface area contributed by atoms with Gasteiger partial charge in [0.2, 0.25) is 0 Å². The topological polar surface area (TPSA) is 35.8 Å². The van der Waals surface area contributed by atoms with E-state index in [0.717, 1.165) is 6.42 Å². The molecule has 0 spiro atoms. The summed E-state index contributed by atoms with van der Waals surface area (Å²) in [5, 5.41) is 11.9. The van der Waals surface area contributed by atoms with Crippen molar-refractivity contribution in [3.63, 3.8) is 0 Å². The van der Waals surface area contributed by atoms with Crippen LogP contribution in [-0.4, -0.2) is 12.2 Å². The first-order valence-corrected chi connectivity index (χ1v) is 6.32. The molecule has 1 aromatic carbocycles. The third-order valence-electron chi connectivity index (χ3n) is 3.50. The number of nitriles is 1. The zero-order valence-electron chi connectivity index (χ0n) is 10.4. The van der Waals surface area contributed by atoms with E-state index in [0.29, 0.717) is 17.7 Å². The van der Waals surface area contributed by atoms with Gasteiger partial charge in [-0.3, -0.25) is 0 Å². The maximum atomic E-state index is 12.7. The molecule has 2 unspecified atom stereocenters. The monoisotopic (exact) mass is 268 g/mol. The van der Waals surface area contributed by atoms with Crippen LogP contribution in [0, 0.1) is 17.2 Å². The third-order valence-corrected chi connectivity index (χ3v) is 3.50. The van der Waals surface area contributed by atoms with Gasteiger partial charge in [0.05, 0.1) is 17.6 Å². The highest BCUT2D eigenvalue weighted by atomic mass is 19.4. The van der Waals surface area contributed by atoms with Gasteiger partial charge in [-0.15, -0.1) is 0 Å². The van der Waals surface area contributed by atoms with Gasteiger partial charge in [-0.25, -0.2) is 0 Å². The van der Waals surface area contributed by atoms with Crippen LogP contribution in [0.4, 0.5) is 18.9 Å². The van der Waals surface area contributed by atoms with Gasteiger partial charge in [-0.05, 0) is 37.5 Å². The second kappa shape index (κ2) is 5.52. The SMILES string of the molecule is N#Cc1cccc(NC2CCCC(C(F)(F)F)C2)c1. The summed E-state index contributed by atoms with van der Waals surface area (Å²) in [4.78, 5) is 0. The summed E-state index contributed by atoms with van der Waals surface area (Å²) in [7, 11) is 0. The first kappa shape index (κ1) is 13.7. The summed E-state index contributed by atoms with van der Waals surface area (Å²) in [6.45, 7) is 0. The van der Waals surface area contributed by atoms with E-state index in [1.165, 1.54) is 0 Å². The molecule has 5 heteroatoms. The van der Waals surface area contributed by atoms with Crippen molar-refractivity contribution in [2.75, 3.05) is 5.32 Å². The van der Waals surface area contributed by atoms with E-state index in [2.05, 4.69) is 5.32 Å². The predicted octanol–water partition coefficient (Wildman–Crippen LogP) is 4.09.